The van der Waals surface area contributed by atoms with Crippen molar-refractivity contribution < 1.29 is 9.53 Å². The number of aryl methyl sites for hydroxylation is 3. The van der Waals surface area contributed by atoms with Crippen LogP contribution in [0.15, 0.2) is 72.8 Å². The van der Waals surface area contributed by atoms with Gasteiger partial charge in [0.25, 0.3) is 0 Å². The minimum Gasteiger partial charge on any atom is -0.491 e. The topological polar surface area (TPSA) is 56.1 Å². The zero-order valence-corrected chi connectivity index (χ0v) is 19.4. The molecular formula is C28H31N3O2. The standard InChI is InChI=1S/C28H31N3O2/c1-21-14-15-22(2)26(19-21)33-18-17-31-25-12-7-6-11-24(25)30-27(31)13-8-16-29-28(32)20-23-9-4-3-5-10-23/h3-7,9-12,14-15,19H,8,13,16-18,20H2,1-2H3,(H,29,32). The Hall–Kier alpha value is -3.60. The molecule has 3 aromatic carbocycles. The third kappa shape index (κ3) is 6.01. The Bertz CT molecular complexity index is 1210. The second kappa shape index (κ2) is 10.8. The molecule has 0 fully saturated rings. The van der Waals surface area contributed by atoms with E-state index < -0.39 is 0 Å². The first kappa shape index (κ1) is 22.6. The Morgan fingerprint density at radius 3 is 2.64 bits per heavy atom. The molecule has 5 heteroatoms. The van der Waals surface area contributed by atoms with Crippen molar-refractivity contribution in [3.8, 4) is 5.75 Å². The van der Waals surface area contributed by atoms with Crippen LogP contribution < -0.4 is 10.1 Å². The summed E-state index contributed by atoms with van der Waals surface area (Å²) < 4.78 is 8.35. The van der Waals surface area contributed by atoms with E-state index in [0.29, 0.717) is 19.6 Å². The van der Waals surface area contributed by atoms with Gasteiger partial charge in [-0.25, -0.2) is 4.98 Å². The molecule has 4 aromatic rings. The summed E-state index contributed by atoms with van der Waals surface area (Å²) in [7, 11) is 0. The summed E-state index contributed by atoms with van der Waals surface area (Å²) in [5, 5.41) is 3.03. The van der Waals surface area contributed by atoms with Crippen molar-refractivity contribution in [2.45, 2.75) is 39.7 Å². The number of para-hydroxylation sites is 2. The van der Waals surface area contributed by atoms with Crippen LogP contribution in [0.25, 0.3) is 11.0 Å². The molecule has 1 heterocycles. The predicted molar refractivity (Wildman–Crippen MR) is 133 cm³/mol. The first-order chi connectivity index (χ1) is 16.1. The summed E-state index contributed by atoms with van der Waals surface area (Å²) >= 11 is 0. The summed E-state index contributed by atoms with van der Waals surface area (Å²) in [6.07, 6.45) is 2.04. The van der Waals surface area contributed by atoms with E-state index >= 15 is 0 Å². The molecule has 0 aliphatic carbocycles. The average molecular weight is 442 g/mol. The summed E-state index contributed by atoms with van der Waals surface area (Å²) in [4.78, 5) is 17.1. The lowest BCUT2D eigenvalue weighted by atomic mass is 10.1. The van der Waals surface area contributed by atoms with Gasteiger partial charge in [0.05, 0.1) is 24.0 Å². The fourth-order valence-electron chi connectivity index (χ4n) is 3.99. The summed E-state index contributed by atoms with van der Waals surface area (Å²) in [6.45, 7) is 6.08. The van der Waals surface area contributed by atoms with Crippen LogP contribution in [0.3, 0.4) is 0 Å². The SMILES string of the molecule is Cc1ccc(C)c(OCCn2c(CCCNC(=O)Cc3ccccc3)nc3ccccc32)c1. The van der Waals surface area contributed by atoms with Gasteiger partial charge in [-0.3, -0.25) is 4.79 Å². The highest BCUT2D eigenvalue weighted by molar-refractivity contribution is 5.78. The number of hydrogen-bond donors (Lipinski definition) is 1. The monoisotopic (exact) mass is 441 g/mol. The summed E-state index contributed by atoms with van der Waals surface area (Å²) in [5.41, 5.74) is 5.47. The maximum atomic E-state index is 12.2. The predicted octanol–water partition coefficient (Wildman–Crippen LogP) is 5.02. The number of imidazole rings is 1. The largest absolute Gasteiger partial charge is 0.491 e. The molecule has 0 saturated carbocycles. The molecule has 5 nitrogen and oxygen atoms in total. The van der Waals surface area contributed by atoms with E-state index in [9.17, 15) is 4.79 Å². The molecule has 0 bridgehead atoms. The number of fused-ring (bicyclic) bond motifs is 1. The van der Waals surface area contributed by atoms with E-state index in [2.05, 4.69) is 48.0 Å². The fraction of sp³-hybridized carbons (Fsp3) is 0.286. The second-order valence-electron chi connectivity index (χ2n) is 8.40. The Labute approximate surface area is 195 Å². The molecule has 4 rings (SSSR count). The van der Waals surface area contributed by atoms with Crippen LogP contribution in [-0.2, 0) is 24.2 Å². The van der Waals surface area contributed by atoms with Crippen LogP contribution in [0.2, 0.25) is 0 Å². The lowest BCUT2D eigenvalue weighted by molar-refractivity contribution is -0.120. The Kier molecular flexibility index (Phi) is 7.40. The van der Waals surface area contributed by atoms with Gasteiger partial charge in [-0.1, -0.05) is 54.6 Å². The number of carbonyl (C=O) groups is 1. The van der Waals surface area contributed by atoms with E-state index in [1.165, 1.54) is 5.56 Å². The average Bonchev–Trinajstić information content (AvgIpc) is 3.17. The Morgan fingerprint density at radius 2 is 1.79 bits per heavy atom. The van der Waals surface area contributed by atoms with Crippen molar-refractivity contribution in [1.29, 1.82) is 0 Å². The number of benzene rings is 3. The maximum absolute atomic E-state index is 12.2. The highest BCUT2D eigenvalue weighted by Crippen LogP contribution is 2.20. The first-order valence-corrected chi connectivity index (χ1v) is 11.5. The fourth-order valence-corrected chi connectivity index (χ4v) is 3.99. The highest BCUT2D eigenvalue weighted by atomic mass is 16.5. The molecule has 170 valence electrons. The quantitative estimate of drug-likeness (QED) is 0.352. The van der Waals surface area contributed by atoms with Crippen molar-refractivity contribution in [1.82, 2.24) is 14.9 Å². The van der Waals surface area contributed by atoms with Crippen molar-refractivity contribution in [2.24, 2.45) is 0 Å². The van der Waals surface area contributed by atoms with Gasteiger partial charge in [0.15, 0.2) is 0 Å². The second-order valence-corrected chi connectivity index (χ2v) is 8.40. The van der Waals surface area contributed by atoms with Gasteiger partial charge in [-0.2, -0.15) is 0 Å². The molecule has 0 aliphatic rings. The van der Waals surface area contributed by atoms with Gasteiger partial charge in [-0.05, 0) is 55.2 Å². The molecule has 0 radical (unpaired) electrons. The van der Waals surface area contributed by atoms with Crippen molar-refractivity contribution in [3.05, 3.63) is 95.3 Å². The number of nitrogens with one attached hydrogen (secondary N) is 1. The zero-order chi connectivity index (χ0) is 23.0. The molecular weight excluding hydrogens is 410 g/mol. The van der Waals surface area contributed by atoms with Crippen LogP contribution in [0.5, 0.6) is 5.75 Å². The van der Waals surface area contributed by atoms with Crippen LogP contribution in [0.4, 0.5) is 0 Å². The molecule has 1 aromatic heterocycles. The Morgan fingerprint density at radius 1 is 1.00 bits per heavy atom. The van der Waals surface area contributed by atoms with Gasteiger partial charge in [0.2, 0.25) is 5.91 Å². The summed E-state index contributed by atoms with van der Waals surface area (Å²) in [5.74, 6) is 2.01. The first-order valence-electron chi connectivity index (χ1n) is 11.5. The molecule has 0 atom stereocenters. The zero-order valence-electron chi connectivity index (χ0n) is 19.4. The van der Waals surface area contributed by atoms with Gasteiger partial charge in [0.1, 0.15) is 18.2 Å². The maximum Gasteiger partial charge on any atom is 0.224 e. The number of nitrogens with zero attached hydrogens (tertiary/aromatic N) is 2. The summed E-state index contributed by atoms with van der Waals surface area (Å²) in [6, 6.07) is 24.3. The van der Waals surface area contributed by atoms with Gasteiger partial charge < -0.3 is 14.6 Å². The molecule has 0 aliphatic heterocycles. The number of hydrogen-bond acceptors (Lipinski definition) is 3. The van der Waals surface area contributed by atoms with Crippen LogP contribution in [0, 0.1) is 13.8 Å². The molecule has 0 spiro atoms. The lowest BCUT2D eigenvalue weighted by Gasteiger charge is -2.13. The number of ether oxygens (including phenoxy) is 1. The normalized spacial score (nSPS) is 11.0. The number of aromatic nitrogens is 2. The number of rotatable bonds is 10. The van der Waals surface area contributed by atoms with Crippen LogP contribution in [0.1, 0.15) is 28.9 Å². The van der Waals surface area contributed by atoms with E-state index in [0.717, 1.165) is 53.1 Å². The smallest absolute Gasteiger partial charge is 0.224 e. The van der Waals surface area contributed by atoms with Crippen molar-refractivity contribution >= 4 is 16.9 Å². The van der Waals surface area contributed by atoms with E-state index in [1.54, 1.807) is 0 Å². The van der Waals surface area contributed by atoms with E-state index in [-0.39, 0.29) is 5.91 Å². The van der Waals surface area contributed by atoms with Crippen molar-refractivity contribution in [3.63, 3.8) is 0 Å². The van der Waals surface area contributed by atoms with Crippen molar-refractivity contribution in [2.75, 3.05) is 13.2 Å². The third-order valence-electron chi connectivity index (χ3n) is 5.76. The van der Waals surface area contributed by atoms with E-state index in [1.807, 2.05) is 48.5 Å². The third-order valence-corrected chi connectivity index (χ3v) is 5.76. The highest BCUT2D eigenvalue weighted by Gasteiger charge is 2.11. The molecule has 0 saturated heterocycles. The Balaban J connectivity index is 1.34. The molecule has 33 heavy (non-hydrogen) atoms. The number of carbonyl (C=O) groups excluding carboxylic acids is 1. The minimum atomic E-state index is 0.0524. The molecule has 0 unspecified atom stereocenters. The van der Waals surface area contributed by atoms with Crippen LogP contribution in [-0.4, -0.2) is 28.6 Å². The van der Waals surface area contributed by atoms with Gasteiger partial charge in [0, 0.05) is 13.0 Å². The lowest BCUT2D eigenvalue weighted by Crippen LogP contribution is -2.26. The van der Waals surface area contributed by atoms with Gasteiger partial charge >= 0.3 is 0 Å². The molecule has 1 amide bonds. The van der Waals surface area contributed by atoms with Crippen LogP contribution >= 0.6 is 0 Å². The molecule has 1 N–H and O–H groups in total. The van der Waals surface area contributed by atoms with Gasteiger partial charge in [-0.15, -0.1) is 0 Å². The van der Waals surface area contributed by atoms with E-state index in [4.69, 9.17) is 9.72 Å². The minimum absolute atomic E-state index is 0.0524. The number of amides is 1.